The zero-order chi connectivity index (χ0) is 27.6. The molecule has 0 saturated carbocycles. The van der Waals surface area contributed by atoms with Gasteiger partial charge in [0.15, 0.2) is 11.5 Å². The van der Waals surface area contributed by atoms with Crippen molar-refractivity contribution in [2.24, 2.45) is 0 Å². The number of carbonyl (C=O) groups excluding carboxylic acids is 3. The Morgan fingerprint density at radius 1 is 1.05 bits per heavy atom. The average Bonchev–Trinajstić information content (AvgIpc) is 2.87. The van der Waals surface area contributed by atoms with Gasteiger partial charge in [0.1, 0.15) is 12.2 Å². The number of nitro groups is 1. The number of benzene rings is 3. The molecule has 1 fully saturated rings. The zero-order valence-corrected chi connectivity index (χ0v) is 21.4. The normalized spacial score (nSPS) is 14.5. The average molecular weight is 536 g/mol. The molecule has 4 amide bonds. The van der Waals surface area contributed by atoms with Gasteiger partial charge in [-0.25, -0.2) is 9.69 Å². The van der Waals surface area contributed by atoms with Crippen LogP contribution in [-0.2, 0) is 16.2 Å². The van der Waals surface area contributed by atoms with E-state index in [2.05, 4.69) is 5.32 Å². The fourth-order valence-electron chi connectivity index (χ4n) is 3.82. The summed E-state index contributed by atoms with van der Waals surface area (Å²) in [5.41, 5.74) is 2.79. The number of nitrogens with zero attached hydrogens (tertiary/aromatic N) is 2. The number of nitrogens with one attached hydrogen (secondary N) is 1. The molecule has 0 atom stereocenters. The molecule has 1 aliphatic heterocycles. The Morgan fingerprint density at radius 2 is 1.82 bits per heavy atom. The van der Waals surface area contributed by atoms with Crippen LogP contribution in [0.1, 0.15) is 22.3 Å². The molecule has 0 bridgehead atoms. The van der Waals surface area contributed by atoms with Crippen LogP contribution in [0.2, 0.25) is 5.02 Å². The number of anilines is 1. The van der Waals surface area contributed by atoms with E-state index in [9.17, 15) is 24.5 Å². The van der Waals surface area contributed by atoms with Crippen LogP contribution in [0, 0.1) is 24.0 Å². The highest BCUT2D eigenvalue weighted by Crippen LogP contribution is 2.38. The number of non-ortho nitro benzene ring substituents is 1. The molecule has 0 unspecified atom stereocenters. The molecule has 0 spiro atoms. The van der Waals surface area contributed by atoms with Crippen molar-refractivity contribution in [1.29, 1.82) is 0 Å². The number of imide groups is 2. The van der Waals surface area contributed by atoms with E-state index in [1.54, 1.807) is 0 Å². The van der Waals surface area contributed by atoms with E-state index in [1.807, 2.05) is 32.0 Å². The van der Waals surface area contributed by atoms with Gasteiger partial charge in [-0.1, -0.05) is 35.9 Å². The lowest BCUT2D eigenvalue weighted by molar-refractivity contribution is -0.384. The van der Waals surface area contributed by atoms with Gasteiger partial charge < -0.3 is 9.47 Å². The van der Waals surface area contributed by atoms with Gasteiger partial charge in [0.05, 0.1) is 22.7 Å². The van der Waals surface area contributed by atoms with Gasteiger partial charge in [-0.05, 0) is 60.4 Å². The summed E-state index contributed by atoms with van der Waals surface area (Å²) in [4.78, 5) is 49.3. The van der Waals surface area contributed by atoms with Crippen LogP contribution in [0.4, 0.5) is 16.2 Å². The summed E-state index contributed by atoms with van der Waals surface area (Å²) in [6.07, 6.45) is 1.25. The minimum atomic E-state index is -1.02. The molecule has 3 aromatic rings. The number of ether oxygens (including phenoxy) is 2. The summed E-state index contributed by atoms with van der Waals surface area (Å²) in [6.45, 7) is 4.26. The highest BCUT2D eigenvalue weighted by atomic mass is 35.5. The quantitative estimate of drug-likeness (QED) is 0.192. The second-order valence-corrected chi connectivity index (χ2v) is 8.88. The molecule has 11 heteroatoms. The maximum Gasteiger partial charge on any atom is 0.335 e. The number of hydrogen-bond donors (Lipinski definition) is 1. The number of urea groups is 1. The molecule has 1 heterocycles. The third kappa shape index (κ3) is 5.35. The number of aryl methyl sites for hydroxylation is 2. The monoisotopic (exact) mass is 535 g/mol. The Labute approximate surface area is 222 Å². The number of carbonyl (C=O) groups is 3. The van der Waals surface area contributed by atoms with Gasteiger partial charge in [0.25, 0.3) is 17.5 Å². The van der Waals surface area contributed by atoms with Crippen LogP contribution >= 0.6 is 11.6 Å². The van der Waals surface area contributed by atoms with Crippen LogP contribution in [0.25, 0.3) is 6.08 Å². The van der Waals surface area contributed by atoms with Crippen molar-refractivity contribution >= 4 is 46.9 Å². The molecule has 0 radical (unpaired) electrons. The van der Waals surface area contributed by atoms with E-state index in [1.165, 1.54) is 43.5 Å². The lowest BCUT2D eigenvalue weighted by atomic mass is 10.1. The first-order chi connectivity index (χ1) is 18.1. The first-order valence-electron chi connectivity index (χ1n) is 11.3. The Bertz CT molecular complexity index is 1520. The Morgan fingerprint density at radius 3 is 2.50 bits per heavy atom. The highest BCUT2D eigenvalue weighted by Gasteiger charge is 2.37. The lowest BCUT2D eigenvalue weighted by Crippen LogP contribution is -2.54. The molecule has 1 saturated heterocycles. The largest absolute Gasteiger partial charge is 0.493 e. The zero-order valence-electron chi connectivity index (χ0n) is 20.6. The highest BCUT2D eigenvalue weighted by molar-refractivity contribution is 6.39. The molecule has 0 aromatic heterocycles. The van der Waals surface area contributed by atoms with Crippen molar-refractivity contribution < 1.29 is 28.8 Å². The van der Waals surface area contributed by atoms with Gasteiger partial charge in [0.2, 0.25) is 0 Å². The molecule has 0 aliphatic carbocycles. The van der Waals surface area contributed by atoms with Gasteiger partial charge in [-0.2, -0.15) is 0 Å². The number of hydrogen-bond acceptors (Lipinski definition) is 7. The van der Waals surface area contributed by atoms with Gasteiger partial charge >= 0.3 is 6.03 Å². The maximum absolute atomic E-state index is 13.2. The predicted molar refractivity (Wildman–Crippen MR) is 140 cm³/mol. The SMILES string of the molecule is COc1cc(/C=C2\C(=O)NC(=O)N(c3cccc([N+](=O)[O-])c3)C2=O)cc(Cl)c1OCc1ccc(C)c(C)c1. The molecule has 3 aromatic carbocycles. The van der Waals surface area contributed by atoms with E-state index in [4.69, 9.17) is 21.1 Å². The molecule has 4 rings (SSSR count). The number of rotatable bonds is 7. The van der Waals surface area contributed by atoms with Crippen LogP contribution in [0.5, 0.6) is 11.5 Å². The minimum absolute atomic E-state index is 0.0641. The molecule has 10 nitrogen and oxygen atoms in total. The van der Waals surface area contributed by atoms with Gasteiger partial charge in [-0.15, -0.1) is 0 Å². The molecule has 194 valence electrons. The van der Waals surface area contributed by atoms with Crippen LogP contribution in [-0.4, -0.2) is 29.9 Å². The number of nitro benzene ring substituents is 1. The molecule has 1 N–H and O–H groups in total. The minimum Gasteiger partial charge on any atom is -0.493 e. The standard InChI is InChI=1S/C27H22ClN3O7/c1-15-7-8-17(9-16(15)2)14-38-24-22(28)11-18(12-23(24)37-3)10-21-25(32)29-27(34)30(26(21)33)19-5-4-6-20(13-19)31(35)36/h4-13H,14H2,1-3H3,(H,29,32,34)/b21-10+. The maximum atomic E-state index is 13.2. The van der Waals surface area contributed by atoms with Crippen LogP contribution in [0.15, 0.2) is 60.2 Å². The number of barbiturate groups is 1. The van der Waals surface area contributed by atoms with E-state index >= 15 is 0 Å². The molecule has 1 aliphatic rings. The Hall–Kier alpha value is -4.70. The smallest absolute Gasteiger partial charge is 0.335 e. The number of amides is 4. The Balaban J connectivity index is 1.64. The lowest BCUT2D eigenvalue weighted by Gasteiger charge is -2.26. The van der Waals surface area contributed by atoms with Crippen molar-refractivity contribution in [2.75, 3.05) is 12.0 Å². The van der Waals surface area contributed by atoms with Crippen molar-refractivity contribution in [2.45, 2.75) is 20.5 Å². The number of halogens is 1. The Kier molecular flexibility index (Phi) is 7.45. The van der Waals surface area contributed by atoms with E-state index in [-0.39, 0.29) is 40.1 Å². The van der Waals surface area contributed by atoms with E-state index in [0.29, 0.717) is 10.5 Å². The second-order valence-electron chi connectivity index (χ2n) is 8.48. The fourth-order valence-corrected chi connectivity index (χ4v) is 4.09. The molecular formula is C27H22ClN3O7. The van der Waals surface area contributed by atoms with Crippen molar-refractivity contribution in [3.8, 4) is 11.5 Å². The summed E-state index contributed by atoms with van der Waals surface area (Å²) in [6, 6.07) is 12.9. The first-order valence-corrected chi connectivity index (χ1v) is 11.7. The fraction of sp³-hybridized carbons (Fsp3) is 0.148. The third-order valence-electron chi connectivity index (χ3n) is 5.92. The van der Waals surface area contributed by atoms with Crippen molar-refractivity contribution in [1.82, 2.24) is 5.32 Å². The first kappa shape index (κ1) is 26.4. The summed E-state index contributed by atoms with van der Waals surface area (Å²) in [5.74, 6) is -1.33. The van der Waals surface area contributed by atoms with Crippen molar-refractivity contribution in [3.05, 3.63) is 97.6 Å². The van der Waals surface area contributed by atoms with Crippen LogP contribution in [0.3, 0.4) is 0 Å². The van der Waals surface area contributed by atoms with Crippen LogP contribution < -0.4 is 19.7 Å². The van der Waals surface area contributed by atoms with Gasteiger partial charge in [-0.3, -0.25) is 25.0 Å². The summed E-state index contributed by atoms with van der Waals surface area (Å²) < 4.78 is 11.3. The topological polar surface area (TPSA) is 128 Å². The second kappa shape index (κ2) is 10.7. The molecule has 38 heavy (non-hydrogen) atoms. The van der Waals surface area contributed by atoms with E-state index in [0.717, 1.165) is 22.8 Å². The molecular weight excluding hydrogens is 514 g/mol. The van der Waals surface area contributed by atoms with Gasteiger partial charge in [0, 0.05) is 12.1 Å². The summed E-state index contributed by atoms with van der Waals surface area (Å²) in [7, 11) is 1.42. The summed E-state index contributed by atoms with van der Waals surface area (Å²) in [5, 5.41) is 13.4. The number of methoxy groups -OCH3 is 1. The summed E-state index contributed by atoms with van der Waals surface area (Å²) >= 11 is 6.47. The van der Waals surface area contributed by atoms with E-state index < -0.39 is 22.8 Å². The van der Waals surface area contributed by atoms with Crippen molar-refractivity contribution in [3.63, 3.8) is 0 Å². The predicted octanol–water partition coefficient (Wildman–Crippen LogP) is 5.12. The third-order valence-corrected chi connectivity index (χ3v) is 6.20.